The lowest BCUT2D eigenvalue weighted by atomic mass is 9.62. The Bertz CT molecular complexity index is 565. The Morgan fingerprint density at radius 1 is 0.840 bits per heavy atom. The monoisotopic (exact) mass is 348 g/mol. The van der Waals surface area contributed by atoms with Crippen LogP contribution >= 0.6 is 0 Å². The maximum Gasteiger partial charge on any atom is 0.311 e. The second-order valence-corrected chi connectivity index (χ2v) is 9.58. The van der Waals surface area contributed by atoms with Crippen LogP contribution in [0.3, 0.4) is 0 Å². The van der Waals surface area contributed by atoms with Gasteiger partial charge in [0.25, 0.3) is 0 Å². The maximum absolute atomic E-state index is 12.5. The van der Waals surface area contributed by atoms with Gasteiger partial charge < -0.3 is 20.1 Å². The largest absolute Gasteiger partial charge is 0.462 e. The van der Waals surface area contributed by atoms with Gasteiger partial charge in [-0.15, -0.1) is 0 Å². The van der Waals surface area contributed by atoms with E-state index < -0.39 is 0 Å². The number of ether oxygens (including phenoxy) is 2. The van der Waals surface area contributed by atoms with E-state index in [1.807, 2.05) is 0 Å². The van der Waals surface area contributed by atoms with Crippen LogP contribution in [0.5, 0.6) is 0 Å². The van der Waals surface area contributed by atoms with Crippen LogP contribution in [0.4, 0.5) is 0 Å². The van der Waals surface area contributed by atoms with Gasteiger partial charge in [-0.3, -0.25) is 9.59 Å². The van der Waals surface area contributed by atoms with Crippen LogP contribution in [0.15, 0.2) is 0 Å². The van der Waals surface area contributed by atoms with E-state index in [1.165, 1.54) is 0 Å². The van der Waals surface area contributed by atoms with Gasteiger partial charge in [0.05, 0.1) is 11.8 Å². The molecule has 3 saturated carbocycles. The van der Waals surface area contributed by atoms with Crippen molar-refractivity contribution in [2.75, 3.05) is 13.1 Å². The SMILES string of the molecule is CC12CNC(C1)C2C(=O)OC1CCC(OC(=O)C2C3CC2(C)CN3)C1. The first-order chi connectivity index (χ1) is 11.9. The lowest BCUT2D eigenvalue weighted by Crippen LogP contribution is -2.50. The number of nitrogens with one attached hydrogen (secondary N) is 2. The van der Waals surface area contributed by atoms with Crippen molar-refractivity contribution in [1.29, 1.82) is 0 Å². The molecule has 4 aliphatic heterocycles. The molecule has 0 aromatic rings. The summed E-state index contributed by atoms with van der Waals surface area (Å²) in [6.07, 6.45) is 4.21. The van der Waals surface area contributed by atoms with Crippen LogP contribution in [-0.2, 0) is 19.1 Å². The zero-order valence-electron chi connectivity index (χ0n) is 15.0. The molecule has 6 heteroatoms. The summed E-state index contributed by atoms with van der Waals surface area (Å²) in [6.45, 7) is 6.15. The van der Waals surface area contributed by atoms with Crippen LogP contribution in [0.25, 0.3) is 0 Å². The molecular weight excluding hydrogens is 320 g/mol. The Morgan fingerprint density at radius 2 is 1.28 bits per heavy atom. The number of carbonyl (C=O) groups is 2. The Hall–Kier alpha value is -1.14. The highest BCUT2D eigenvalue weighted by Crippen LogP contribution is 2.53. The van der Waals surface area contributed by atoms with Crippen LogP contribution < -0.4 is 10.6 Å². The molecule has 0 aromatic heterocycles. The second-order valence-electron chi connectivity index (χ2n) is 9.58. The summed E-state index contributed by atoms with van der Waals surface area (Å²) in [5.41, 5.74) is 0.163. The number of carbonyl (C=O) groups excluding carboxylic acids is 2. The molecule has 8 unspecified atom stereocenters. The maximum atomic E-state index is 12.5. The molecule has 4 heterocycles. The van der Waals surface area contributed by atoms with Gasteiger partial charge in [-0.05, 0) is 36.5 Å². The third-order valence-corrected chi connectivity index (χ3v) is 7.62. The molecule has 0 amide bonds. The summed E-state index contributed by atoms with van der Waals surface area (Å²) in [7, 11) is 0. The fourth-order valence-corrected chi connectivity index (χ4v) is 6.11. The predicted octanol–water partition coefficient (Wildman–Crippen LogP) is 0.990. The van der Waals surface area contributed by atoms with Crippen molar-refractivity contribution in [1.82, 2.24) is 10.6 Å². The van der Waals surface area contributed by atoms with Gasteiger partial charge in [-0.1, -0.05) is 13.8 Å². The summed E-state index contributed by atoms with van der Waals surface area (Å²) in [4.78, 5) is 25.0. The van der Waals surface area contributed by atoms with Crippen LogP contribution in [0.2, 0.25) is 0 Å². The summed E-state index contributed by atoms with van der Waals surface area (Å²) in [5.74, 6) is -0.111. The van der Waals surface area contributed by atoms with Gasteiger partial charge >= 0.3 is 11.9 Å². The zero-order valence-corrected chi connectivity index (χ0v) is 15.0. The Balaban J connectivity index is 1.12. The molecule has 7 rings (SSSR count). The second kappa shape index (κ2) is 5.19. The van der Waals surface area contributed by atoms with Gasteiger partial charge in [-0.25, -0.2) is 0 Å². The molecule has 0 aromatic carbocycles. The van der Waals surface area contributed by atoms with E-state index in [9.17, 15) is 9.59 Å². The van der Waals surface area contributed by atoms with Gasteiger partial charge in [0.1, 0.15) is 12.2 Å². The van der Waals surface area contributed by atoms with Crippen molar-refractivity contribution in [3.05, 3.63) is 0 Å². The van der Waals surface area contributed by atoms with Gasteiger partial charge in [0.15, 0.2) is 0 Å². The van der Waals surface area contributed by atoms with Gasteiger partial charge in [0.2, 0.25) is 0 Å². The third kappa shape index (κ3) is 2.29. The molecule has 0 spiro atoms. The molecular formula is C19H28N2O4. The van der Waals surface area contributed by atoms with Crippen molar-refractivity contribution in [2.45, 2.75) is 70.2 Å². The summed E-state index contributed by atoms with van der Waals surface area (Å²) in [5, 5.41) is 6.78. The molecule has 0 radical (unpaired) electrons. The normalized spacial score (nSPS) is 52.4. The minimum absolute atomic E-state index is 0.00530. The first-order valence-corrected chi connectivity index (χ1v) is 9.76. The molecule has 6 nitrogen and oxygen atoms in total. The van der Waals surface area contributed by atoms with Crippen LogP contribution in [-0.4, -0.2) is 49.3 Å². The minimum Gasteiger partial charge on any atom is -0.462 e. The van der Waals surface area contributed by atoms with E-state index in [0.29, 0.717) is 18.5 Å². The highest BCUT2D eigenvalue weighted by Gasteiger charge is 2.61. The average molecular weight is 348 g/mol. The number of rotatable bonds is 4. The van der Waals surface area contributed by atoms with E-state index in [0.717, 1.165) is 38.8 Å². The molecule has 4 saturated heterocycles. The van der Waals surface area contributed by atoms with Gasteiger partial charge in [-0.2, -0.15) is 0 Å². The van der Waals surface area contributed by atoms with Gasteiger partial charge in [0, 0.05) is 31.6 Å². The quantitative estimate of drug-likeness (QED) is 0.738. The molecule has 138 valence electrons. The fraction of sp³-hybridized carbons (Fsp3) is 0.895. The van der Waals surface area contributed by atoms with E-state index in [2.05, 4.69) is 24.5 Å². The van der Waals surface area contributed by atoms with Crippen LogP contribution in [0, 0.1) is 22.7 Å². The molecule has 8 atom stereocenters. The molecule has 3 aliphatic carbocycles. The fourth-order valence-electron chi connectivity index (χ4n) is 6.11. The Labute approximate surface area is 148 Å². The first kappa shape index (κ1) is 16.1. The molecule has 7 aliphatic rings. The van der Waals surface area contributed by atoms with Crippen molar-refractivity contribution in [2.24, 2.45) is 22.7 Å². The van der Waals surface area contributed by atoms with E-state index in [4.69, 9.17) is 9.47 Å². The number of hydrogen-bond acceptors (Lipinski definition) is 6. The molecule has 2 N–H and O–H groups in total. The smallest absolute Gasteiger partial charge is 0.311 e. The third-order valence-electron chi connectivity index (χ3n) is 7.62. The molecule has 7 fully saturated rings. The molecule has 4 bridgehead atoms. The number of fused-ring (bicyclic) bond motifs is 2. The number of esters is 2. The lowest BCUT2D eigenvalue weighted by molar-refractivity contribution is -0.165. The first-order valence-electron chi connectivity index (χ1n) is 9.76. The van der Waals surface area contributed by atoms with E-state index in [-0.39, 0.29) is 46.8 Å². The highest BCUT2D eigenvalue weighted by molar-refractivity contribution is 5.77. The predicted molar refractivity (Wildman–Crippen MR) is 89.6 cm³/mol. The van der Waals surface area contributed by atoms with Crippen molar-refractivity contribution in [3.8, 4) is 0 Å². The van der Waals surface area contributed by atoms with E-state index >= 15 is 0 Å². The van der Waals surface area contributed by atoms with E-state index in [1.54, 1.807) is 0 Å². The van der Waals surface area contributed by atoms with Crippen molar-refractivity contribution >= 4 is 11.9 Å². The van der Waals surface area contributed by atoms with Crippen molar-refractivity contribution < 1.29 is 19.1 Å². The minimum atomic E-state index is -0.0966. The Kier molecular flexibility index (Phi) is 3.34. The zero-order chi connectivity index (χ0) is 17.4. The summed E-state index contributed by atoms with van der Waals surface area (Å²) >= 11 is 0. The average Bonchev–Trinajstić information content (AvgIpc) is 3.26. The summed E-state index contributed by atoms with van der Waals surface area (Å²) < 4.78 is 11.5. The lowest BCUT2D eigenvalue weighted by Gasteiger charge is -2.42. The Morgan fingerprint density at radius 3 is 1.60 bits per heavy atom. The number of hydrogen-bond donors (Lipinski definition) is 2. The molecule has 25 heavy (non-hydrogen) atoms. The summed E-state index contributed by atoms with van der Waals surface area (Å²) in [6, 6.07) is 0.602. The standard InChI is InChI=1S/C19H28N2O4/c1-18-6-12(20-8-18)14(18)16(22)24-10-3-4-11(5-10)25-17(23)15-13-7-19(15,2)9-21-13/h10-15,20-21H,3-9H2,1-2H3. The highest BCUT2D eigenvalue weighted by atomic mass is 16.6. The van der Waals surface area contributed by atoms with Crippen molar-refractivity contribution in [3.63, 3.8) is 0 Å². The van der Waals surface area contributed by atoms with Crippen LogP contribution in [0.1, 0.15) is 46.0 Å². The topological polar surface area (TPSA) is 76.7 Å².